The molecule has 1 amide bonds. The quantitative estimate of drug-likeness (QED) is 0.840. The fraction of sp³-hybridized carbons (Fsp3) is 0.600. The van der Waals surface area contributed by atoms with Gasteiger partial charge in [0.1, 0.15) is 11.9 Å². The van der Waals surface area contributed by atoms with Crippen molar-refractivity contribution in [2.24, 2.45) is 5.41 Å². The van der Waals surface area contributed by atoms with Crippen LogP contribution in [-0.2, 0) is 4.79 Å². The zero-order chi connectivity index (χ0) is 13.9. The van der Waals surface area contributed by atoms with Gasteiger partial charge in [0.25, 0.3) is 0 Å². The van der Waals surface area contributed by atoms with Crippen LogP contribution in [-0.4, -0.2) is 35.0 Å². The number of hydrogen-bond acceptors (Lipinski definition) is 3. The third-order valence-electron chi connectivity index (χ3n) is 3.13. The number of ether oxygens (including phenoxy) is 1. The molecule has 2 rings (SSSR count). The first kappa shape index (κ1) is 13.8. The molecule has 0 aromatic carbocycles. The van der Waals surface area contributed by atoms with Crippen molar-refractivity contribution in [3.63, 3.8) is 0 Å². The molecule has 0 unspecified atom stereocenters. The molecule has 1 atom stereocenters. The van der Waals surface area contributed by atoms with Gasteiger partial charge in [-0.2, -0.15) is 0 Å². The SMILES string of the molecule is CC(C)(C)CC(=O)N1CC[C@@H](Oc2ccncc2)C1. The minimum absolute atomic E-state index is 0.0428. The van der Waals surface area contributed by atoms with Gasteiger partial charge in [0.2, 0.25) is 5.91 Å². The van der Waals surface area contributed by atoms with Crippen molar-refractivity contribution in [2.45, 2.75) is 39.7 Å². The van der Waals surface area contributed by atoms with E-state index in [4.69, 9.17) is 4.74 Å². The summed E-state index contributed by atoms with van der Waals surface area (Å²) in [5, 5.41) is 0. The van der Waals surface area contributed by atoms with Crippen molar-refractivity contribution in [2.75, 3.05) is 13.1 Å². The molecule has 0 aliphatic carbocycles. The normalized spacial score (nSPS) is 19.5. The van der Waals surface area contributed by atoms with Gasteiger partial charge in [0.05, 0.1) is 6.54 Å². The van der Waals surface area contributed by atoms with Crippen LogP contribution in [0.2, 0.25) is 0 Å². The van der Waals surface area contributed by atoms with E-state index in [1.165, 1.54) is 0 Å². The Hall–Kier alpha value is -1.58. The maximum Gasteiger partial charge on any atom is 0.223 e. The number of likely N-dealkylation sites (tertiary alicyclic amines) is 1. The number of pyridine rings is 1. The molecule has 19 heavy (non-hydrogen) atoms. The van der Waals surface area contributed by atoms with E-state index in [9.17, 15) is 4.79 Å². The van der Waals surface area contributed by atoms with E-state index in [1.807, 2.05) is 17.0 Å². The van der Waals surface area contributed by atoms with Crippen LogP contribution in [0.4, 0.5) is 0 Å². The Morgan fingerprint density at radius 3 is 2.74 bits per heavy atom. The summed E-state index contributed by atoms with van der Waals surface area (Å²) in [6.07, 6.45) is 5.03. The maximum atomic E-state index is 12.1. The van der Waals surface area contributed by atoms with E-state index in [0.29, 0.717) is 13.0 Å². The zero-order valence-electron chi connectivity index (χ0n) is 11.9. The van der Waals surface area contributed by atoms with Crippen molar-refractivity contribution in [1.29, 1.82) is 0 Å². The monoisotopic (exact) mass is 262 g/mol. The van der Waals surface area contributed by atoms with E-state index in [2.05, 4.69) is 25.8 Å². The minimum atomic E-state index is 0.0428. The highest BCUT2D eigenvalue weighted by Crippen LogP contribution is 2.23. The number of carbonyl (C=O) groups is 1. The Morgan fingerprint density at radius 2 is 2.11 bits per heavy atom. The Balaban J connectivity index is 1.85. The van der Waals surface area contributed by atoms with Gasteiger partial charge < -0.3 is 9.64 Å². The summed E-state index contributed by atoms with van der Waals surface area (Å²) in [4.78, 5) is 18.0. The van der Waals surface area contributed by atoms with Crippen LogP contribution in [0.3, 0.4) is 0 Å². The Kier molecular flexibility index (Phi) is 4.08. The van der Waals surface area contributed by atoms with E-state index in [0.717, 1.165) is 18.7 Å². The van der Waals surface area contributed by atoms with Gasteiger partial charge in [0.15, 0.2) is 0 Å². The van der Waals surface area contributed by atoms with Gasteiger partial charge in [-0.05, 0) is 17.5 Å². The van der Waals surface area contributed by atoms with Gasteiger partial charge in [-0.3, -0.25) is 9.78 Å². The van der Waals surface area contributed by atoms with Crippen LogP contribution in [0.1, 0.15) is 33.6 Å². The van der Waals surface area contributed by atoms with Crippen LogP contribution in [0.15, 0.2) is 24.5 Å². The molecule has 2 heterocycles. The van der Waals surface area contributed by atoms with Gasteiger partial charge >= 0.3 is 0 Å². The summed E-state index contributed by atoms with van der Waals surface area (Å²) in [7, 11) is 0. The fourth-order valence-corrected chi connectivity index (χ4v) is 2.23. The topological polar surface area (TPSA) is 42.4 Å². The van der Waals surface area contributed by atoms with Gasteiger partial charge in [-0.15, -0.1) is 0 Å². The van der Waals surface area contributed by atoms with Gasteiger partial charge in [0, 0.05) is 31.8 Å². The van der Waals surface area contributed by atoms with Gasteiger partial charge in [-0.25, -0.2) is 0 Å². The highest BCUT2D eigenvalue weighted by molar-refractivity contribution is 5.77. The first-order valence-electron chi connectivity index (χ1n) is 6.78. The molecule has 0 N–H and O–H groups in total. The summed E-state index contributed by atoms with van der Waals surface area (Å²) < 4.78 is 5.85. The molecule has 1 aliphatic heterocycles. The number of amides is 1. The number of carbonyl (C=O) groups excluding carboxylic acids is 1. The predicted octanol–water partition coefficient (Wildman–Crippen LogP) is 2.50. The second-order valence-corrected chi connectivity index (χ2v) is 6.29. The molecule has 1 saturated heterocycles. The predicted molar refractivity (Wildman–Crippen MR) is 73.9 cm³/mol. The van der Waals surface area contributed by atoms with Crippen molar-refractivity contribution in [3.05, 3.63) is 24.5 Å². The van der Waals surface area contributed by atoms with E-state index >= 15 is 0 Å². The molecule has 1 aliphatic rings. The summed E-state index contributed by atoms with van der Waals surface area (Å²) in [6, 6.07) is 3.69. The van der Waals surface area contributed by atoms with Crippen molar-refractivity contribution >= 4 is 5.91 Å². The first-order chi connectivity index (χ1) is 8.94. The Bertz CT molecular complexity index is 426. The van der Waals surface area contributed by atoms with Gasteiger partial charge in [-0.1, -0.05) is 20.8 Å². The largest absolute Gasteiger partial charge is 0.488 e. The molecule has 1 fully saturated rings. The Morgan fingerprint density at radius 1 is 1.42 bits per heavy atom. The fourth-order valence-electron chi connectivity index (χ4n) is 2.23. The lowest BCUT2D eigenvalue weighted by atomic mass is 9.92. The van der Waals surface area contributed by atoms with Crippen molar-refractivity contribution < 1.29 is 9.53 Å². The molecular formula is C15H22N2O2. The lowest BCUT2D eigenvalue weighted by molar-refractivity contribution is -0.132. The third kappa shape index (κ3) is 4.23. The zero-order valence-corrected chi connectivity index (χ0v) is 11.9. The highest BCUT2D eigenvalue weighted by Gasteiger charge is 2.29. The third-order valence-corrected chi connectivity index (χ3v) is 3.13. The first-order valence-corrected chi connectivity index (χ1v) is 6.78. The van der Waals surface area contributed by atoms with E-state index in [1.54, 1.807) is 12.4 Å². The second kappa shape index (κ2) is 5.59. The maximum absolute atomic E-state index is 12.1. The average molecular weight is 262 g/mol. The summed E-state index contributed by atoms with van der Waals surface area (Å²) in [6.45, 7) is 7.76. The van der Waals surface area contributed by atoms with Crippen LogP contribution >= 0.6 is 0 Å². The minimum Gasteiger partial charge on any atom is -0.488 e. The molecule has 0 spiro atoms. The molecule has 104 valence electrons. The number of hydrogen-bond donors (Lipinski definition) is 0. The lowest BCUT2D eigenvalue weighted by Crippen LogP contribution is -2.33. The molecule has 4 nitrogen and oxygen atoms in total. The molecule has 1 aromatic rings. The van der Waals surface area contributed by atoms with Crippen LogP contribution in [0, 0.1) is 5.41 Å². The van der Waals surface area contributed by atoms with E-state index < -0.39 is 0 Å². The van der Waals surface area contributed by atoms with E-state index in [-0.39, 0.29) is 17.4 Å². The molecular weight excluding hydrogens is 240 g/mol. The van der Waals surface area contributed by atoms with Crippen molar-refractivity contribution in [1.82, 2.24) is 9.88 Å². The molecule has 0 bridgehead atoms. The van der Waals surface area contributed by atoms with Crippen LogP contribution < -0.4 is 4.74 Å². The summed E-state index contributed by atoms with van der Waals surface area (Å²) in [5.41, 5.74) is 0.0428. The standard InChI is InChI=1S/C15H22N2O2/c1-15(2,3)10-14(18)17-9-6-13(11-17)19-12-4-7-16-8-5-12/h4-5,7-8,13H,6,9-11H2,1-3H3/t13-/m1/s1. The highest BCUT2D eigenvalue weighted by atomic mass is 16.5. The molecule has 1 aromatic heterocycles. The Labute approximate surface area is 114 Å². The summed E-state index contributed by atoms with van der Waals surface area (Å²) >= 11 is 0. The van der Waals surface area contributed by atoms with Crippen molar-refractivity contribution in [3.8, 4) is 5.75 Å². The number of aromatic nitrogens is 1. The van der Waals surface area contributed by atoms with Crippen LogP contribution in [0.25, 0.3) is 0 Å². The van der Waals surface area contributed by atoms with Crippen LogP contribution in [0.5, 0.6) is 5.75 Å². The molecule has 0 radical (unpaired) electrons. The molecule has 4 heteroatoms. The smallest absolute Gasteiger partial charge is 0.223 e. The number of nitrogens with zero attached hydrogens (tertiary/aromatic N) is 2. The second-order valence-electron chi connectivity index (χ2n) is 6.29. The average Bonchev–Trinajstić information content (AvgIpc) is 2.77. The number of rotatable bonds is 3. The summed E-state index contributed by atoms with van der Waals surface area (Å²) in [5.74, 6) is 1.05. The molecule has 0 saturated carbocycles. The lowest BCUT2D eigenvalue weighted by Gasteiger charge is -2.23.